The van der Waals surface area contributed by atoms with Crippen LogP contribution in [0.2, 0.25) is 0 Å². The molecule has 6 rings (SSSR count). The van der Waals surface area contributed by atoms with Crippen molar-refractivity contribution in [3.8, 4) is 28.1 Å². The van der Waals surface area contributed by atoms with Gasteiger partial charge in [0.05, 0.1) is 11.2 Å². The van der Waals surface area contributed by atoms with Gasteiger partial charge >= 0.3 is 0 Å². The van der Waals surface area contributed by atoms with Crippen molar-refractivity contribution in [2.75, 3.05) is 0 Å². The molecule has 0 aliphatic rings. The van der Waals surface area contributed by atoms with Crippen molar-refractivity contribution in [2.24, 2.45) is 0 Å². The van der Waals surface area contributed by atoms with Gasteiger partial charge in [-0.25, -0.2) is 4.68 Å². The van der Waals surface area contributed by atoms with Crippen molar-refractivity contribution in [2.45, 2.75) is 0 Å². The van der Waals surface area contributed by atoms with E-state index in [0.717, 1.165) is 37.9 Å². The molecule has 0 spiro atoms. The van der Waals surface area contributed by atoms with Crippen LogP contribution in [0.1, 0.15) is 0 Å². The molecule has 152 valence electrons. The van der Waals surface area contributed by atoms with Crippen LogP contribution in [0, 0.1) is 0 Å². The molecule has 0 N–H and O–H groups in total. The molecule has 0 saturated heterocycles. The molecule has 4 heteroatoms. The molecule has 0 amide bonds. The van der Waals surface area contributed by atoms with Crippen molar-refractivity contribution >= 4 is 37.6 Å². The maximum atomic E-state index is 5.11. The lowest BCUT2D eigenvalue weighted by molar-refractivity contribution is 0.914. The van der Waals surface area contributed by atoms with Crippen LogP contribution in [0.15, 0.2) is 114 Å². The molecule has 0 aliphatic heterocycles. The van der Waals surface area contributed by atoms with Gasteiger partial charge in [0.2, 0.25) is 0 Å². The Morgan fingerprint density at radius 2 is 1.47 bits per heavy atom. The average Bonchev–Trinajstić information content (AvgIpc) is 3.25. The van der Waals surface area contributed by atoms with E-state index in [-0.39, 0.29) is 0 Å². The van der Waals surface area contributed by atoms with Gasteiger partial charge in [-0.15, -0.1) is 0 Å². The lowest BCUT2D eigenvalue weighted by Gasteiger charge is -2.07. The lowest BCUT2D eigenvalue weighted by Crippen LogP contribution is -1.96. The second kappa shape index (κ2) is 7.74. The van der Waals surface area contributed by atoms with Crippen LogP contribution in [-0.4, -0.2) is 14.8 Å². The van der Waals surface area contributed by atoms with E-state index < -0.39 is 0 Å². The summed E-state index contributed by atoms with van der Waals surface area (Å²) in [6.45, 7) is 0. The Morgan fingerprint density at radius 3 is 2.28 bits per heavy atom. The Kier molecular flexibility index (Phi) is 4.58. The fourth-order valence-electron chi connectivity index (χ4n) is 4.26. The summed E-state index contributed by atoms with van der Waals surface area (Å²) in [5.41, 5.74) is 6.52. The molecule has 2 heterocycles. The van der Waals surface area contributed by atoms with Crippen LogP contribution in [0.4, 0.5) is 0 Å². The third-order valence-corrected chi connectivity index (χ3v) is 6.27. The Bertz CT molecular complexity index is 1570. The number of rotatable bonds is 3. The van der Waals surface area contributed by atoms with E-state index in [1.54, 1.807) is 0 Å². The van der Waals surface area contributed by atoms with Gasteiger partial charge in [0.1, 0.15) is 5.69 Å². The van der Waals surface area contributed by atoms with Crippen LogP contribution in [0.5, 0.6) is 0 Å². The molecule has 3 nitrogen and oxygen atoms in total. The predicted octanol–water partition coefficient (Wildman–Crippen LogP) is 7.67. The number of aromatic nitrogens is 3. The SMILES string of the molecule is Brc1cccc(-n2nc(-c3ccccc3)c3c4cc(-c5ccncc5)ccc4ccc32)c1. The number of nitrogens with zero attached hydrogens (tertiary/aromatic N) is 3. The molecule has 0 bridgehead atoms. The van der Waals surface area contributed by atoms with E-state index in [4.69, 9.17) is 5.10 Å². The summed E-state index contributed by atoms with van der Waals surface area (Å²) in [4.78, 5) is 4.16. The van der Waals surface area contributed by atoms with E-state index in [9.17, 15) is 0 Å². The van der Waals surface area contributed by atoms with Gasteiger partial charge in [-0.05, 0) is 64.4 Å². The van der Waals surface area contributed by atoms with Crippen molar-refractivity contribution in [3.05, 3.63) is 114 Å². The number of hydrogen-bond acceptors (Lipinski definition) is 2. The Balaban J connectivity index is 1.71. The third-order valence-electron chi connectivity index (χ3n) is 5.78. The second-order valence-electron chi connectivity index (χ2n) is 7.74. The highest BCUT2D eigenvalue weighted by molar-refractivity contribution is 9.10. The van der Waals surface area contributed by atoms with E-state index in [1.807, 2.05) is 47.4 Å². The second-order valence-corrected chi connectivity index (χ2v) is 8.65. The summed E-state index contributed by atoms with van der Waals surface area (Å²) < 4.78 is 3.07. The number of benzene rings is 4. The van der Waals surface area contributed by atoms with Crippen molar-refractivity contribution < 1.29 is 0 Å². The van der Waals surface area contributed by atoms with Crippen LogP contribution in [-0.2, 0) is 0 Å². The van der Waals surface area contributed by atoms with E-state index >= 15 is 0 Å². The molecule has 32 heavy (non-hydrogen) atoms. The normalized spacial score (nSPS) is 11.3. The zero-order valence-electron chi connectivity index (χ0n) is 17.1. The van der Waals surface area contributed by atoms with Crippen LogP contribution < -0.4 is 0 Å². The Morgan fingerprint density at radius 1 is 0.656 bits per heavy atom. The van der Waals surface area contributed by atoms with Gasteiger partial charge in [-0.1, -0.05) is 70.5 Å². The quantitative estimate of drug-likeness (QED) is 0.262. The standard InChI is InChI=1S/C28H18BrN3/c29-23-7-4-8-24(18-23)32-26-12-11-20-9-10-22(19-13-15-30-16-14-19)17-25(20)27(26)28(31-32)21-5-2-1-3-6-21/h1-18H. The summed E-state index contributed by atoms with van der Waals surface area (Å²) in [6.07, 6.45) is 3.67. The average molecular weight is 476 g/mol. The van der Waals surface area contributed by atoms with Crippen molar-refractivity contribution in [3.63, 3.8) is 0 Å². The molecule has 0 radical (unpaired) electrons. The minimum atomic E-state index is 0.984. The number of pyridine rings is 1. The summed E-state index contributed by atoms with van der Waals surface area (Å²) in [6, 6.07) is 33.7. The minimum absolute atomic E-state index is 0.984. The monoisotopic (exact) mass is 475 g/mol. The summed E-state index contributed by atoms with van der Waals surface area (Å²) in [5, 5.41) is 8.65. The summed E-state index contributed by atoms with van der Waals surface area (Å²) in [7, 11) is 0. The van der Waals surface area contributed by atoms with Gasteiger partial charge in [-0.2, -0.15) is 5.10 Å². The molecular formula is C28H18BrN3. The Hall–Kier alpha value is -3.76. The fourth-order valence-corrected chi connectivity index (χ4v) is 4.65. The van der Waals surface area contributed by atoms with Crippen LogP contribution in [0.25, 0.3) is 49.7 Å². The maximum Gasteiger partial charge on any atom is 0.101 e. The van der Waals surface area contributed by atoms with E-state index in [0.29, 0.717) is 0 Å². The largest absolute Gasteiger partial charge is 0.265 e. The highest BCUT2D eigenvalue weighted by atomic mass is 79.9. The predicted molar refractivity (Wildman–Crippen MR) is 135 cm³/mol. The molecule has 0 aliphatic carbocycles. The highest BCUT2D eigenvalue weighted by Gasteiger charge is 2.17. The van der Waals surface area contributed by atoms with Crippen molar-refractivity contribution in [1.29, 1.82) is 0 Å². The van der Waals surface area contributed by atoms with Gasteiger partial charge in [-0.3, -0.25) is 4.98 Å². The number of fused-ring (bicyclic) bond motifs is 3. The zero-order chi connectivity index (χ0) is 21.5. The first-order valence-electron chi connectivity index (χ1n) is 10.5. The van der Waals surface area contributed by atoms with Crippen LogP contribution >= 0.6 is 15.9 Å². The minimum Gasteiger partial charge on any atom is -0.265 e. The fraction of sp³-hybridized carbons (Fsp3) is 0. The molecule has 2 aromatic heterocycles. The molecule has 4 aromatic carbocycles. The number of hydrogen-bond donors (Lipinski definition) is 0. The molecule has 0 saturated carbocycles. The first-order chi connectivity index (χ1) is 15.8. The van der Waals surface area contributed by atoms with Crippen LogP contribution in [0.3, 0.4) is 0 Å². The third kappa shape index (κ3) is 3.20. The van der Waals surface area contributed by atoms with E-state index in [1.165, 1.54) is 16.3 Å². The molecular weight excluding hydrogens is 458 g/mol. The highest BCUT2D eigenvalue weighted by Crippen LogP contribution is 2.37. The van der Waals surface area contributed by atoms with Gasteiger partial charge < -0.3 is 0 Å². The Labute approximate surface area is 194 Å². The maximum absolute atomic E-state index is 5.11. The molecule has 0 atom stereocenters. The summed E-state index contributed by atoms with van der Waals surface area (Å²) in [5.74, 6) is 0. The molecule has 0 fully saturated rings. The van der Waals surface area contributed by atoms with Crippen molar-refractivity contribution in [1.82, 2.24) is 14.8 Å². The summed E-state index contributed by atoms with van der Waals surface area (Å²) >= 11 is 3.60. The molecule has 6 aromatic rings. The molecule has 0 unspecified atom stereocenters. The first kappa shape index (κ1) is 19.0. The van der Waals surface area contributed by atoms with Gasteiger partial charge in [0.25, 0.3) is 0 Å². The first-order valence-corrected chi connectivity index (χ1v) is 11.2. The lowest BCUT2D eigenvalue weighted by atomic mass is 9.97. The topological polar surface area (TPSA) is 30.7 Å². The number of halogens is 1. The van der Waals surface area contributed by atoms with Gasteiger partial charge in [0.15, 0.2) is 0 Å². The van der Waals surface area contributed by atoms with Gasteiger partial charge in [0, 0.05) is 27.8 Å². The smallest absolute Gasteiger partial charge is 0.101 e. The van der Waals surface area contributed by atoms with E-state index in [2.05, 4.69) is 87.6 Å². The zero-order valence-corrected chi connectivity index (χ0v) is 18.7.